The minimum atomic E-state index is 0.317. The number of carbonyl (C=O) groups excluding carboxylic acids is 1. The maximum Gasteiger partial charge on any atom is 0.223 e. The van der Waals surface area contributed by atoms with Gasteiger partial charge in [-0.1, -0.05) is 0 Å². The topological polar surface area (TPSA) is 32.3 Å². The lowest BCUT2D eigenvalue weighted by Gasteiger charge is -2.26. The first kappa shape index (κ1) is 13.6. The lowest BCUT2D eigenvalue weighted by Crippen LogP contribution is -2.37. The molecule has 0 saturated carbocycles. The van der Waals surface area contributed by atoms with Crippen molar-refractivity contribution in [2.24, 2.45) is 0 Å². The predicted molar refractivity (Wildman–Crippen MR) is 75.9 cm³/mol. The van der Waals surface area contributed by atoms with E-state index >= 15 is 0 Å². The van der Waals surface area contributed by atoms with Crippen LogP contribution in [0.4, 0.5) is 0 Å². The molecular formula is C14H22N2OS. The quantitative estimate of drug-likeness (QED) is 0.801. The number of hydrogen-bond acceptors (Lipinski definition) is 3. The summed E-state index contributed by atoms with van der Waals surface area (Å²) in [5, 5.41) is 7.64. The summed E-state index contributed by atoms with van der Waals surface area (Å²) in [7, 11) is 0. The summed E-state index contributed by atoms with van der Waals surface area (Å²) in [5.74, 6) is 0.317. The van der Waals surface area contributed by atoms with Gasteiger partial charge in [0.05, 0.1) is 0 Å². The Morgan fingerprint density at radius 2 is 2.11 bits per heavy atom. The fraction of sp³-hybridized carbons (Fsp3) is 0.643. The number of amides is 1. The van der Waals surface area contributed by atoms with E-state index in [9.17, 15) is 4.79 Å². The Hall–Kier alpha value is -0.870. The van der Waals surface area contributed by atoms with E-state index in [2.05, 4.69) is 22.1 Å². The maximum atomic E-state index is 11.9. The lowest BCUT2D eigenvalue weighted by atomic mass is 10.1. The minimum absolute atomic E-state index is 0.317. The van der Waals surface area contributed by atoms with Gasteiger partial charge in [0.15, 0.2) is 0 Å². The van der Waals surface area contributed by atoms with E-state index in [0.29, 0.717) is 12.3 Å². The van der Waals surface area contributed by atoms with Gasteiger partial charge in [0.25, 0.3) is 0 Å². The third-order valence-corrected chi connectivity index (χ3v) is 4.13. The number of thiophene rings is 1. The molecule has 1 N–H and O–H groups in total. The SMILES string of the molecule is O=C(CCNCCc1ccsc1)N1CCCCC1. The van der Waals surface area contributed by atoms with Crippen molar-refractivity contribution < 1.29 is 4.79 Å². The highest BCUT2D eigenvalue weighted by atomic mass is 32.1. The van der Waals surface area contributed by atoms with Crippen LogP contribution in [0.2, 0.25) is 0 Å². The molecule has 0 unspecified atom stereocenters. The Labute approximate surface area is 113 Å². The summed E-state index contributed by atoms with van der Waals surface area (Å²) in [6.45, 7) is 3.70. The molecule has 0 radical (unpaired) electrons. The highest BCUT2D eigenvalue weighted by molar-refractivity contribution is 7.07. The largest absolute Gasteiger partial charge is 0.343 e. The number of nitrogens with zero attached hydrogens (tertiary/aromatic N) is 1. The van der Waals surface area contributed by atoms with E-state index in [0.717, 1.165) is 32.6 Å². The van der Waals surface area contributed by atoms with Crippen LogP contribution in [0.15, 0.2) is 16.8 Å². The molecular weight excluding hydrogens is 244 g/mol. The van der Waals surface area contributed by atoms with E-state index in [1.165, 1.54) is 24.8 Å². The van der Waals surface area contributed by atoms with Gasteiger partial charge in [0.2, 0.25) is 5.91 Å². The van der Waals surface area contributed by atoms with Crippen LogP contribution in [0.3, 0.4) is 0 Å². The summed E-state index contributed by atoms with van der Waals surface area (Å²) < 4.78 is 0. The van der Waals surface area contributed by atoms with Crippen molar-refractivity contribution in [3.63, 3.8) is 0 Å². The first-order chi connectivity index (χ1) is 8.86. The molecule has 2 rings (SSSR count). The van der Waals surface area contributed by atoms with Gasteiger partial charge in [-0.05, 0) is 54.6 Å². The van der Waals surface area contributed by atoms with Gasteiger partial charge in [-0.25, -0.2) is 0 Å². The molecule has 1 aromatic heterocycles. The van der Waals surface area contributed by atoms with Crippen LogP contribution in [0.25, 0.3) is 0 Å². The molecule has 18 heavy (non-hydrogen) atoms. The maximum absolute atomic E-state index is 11.9. The molecule has 0 spiro atoms. The first-order valence-corrected chi connectivity index (χ1v) is 7.80. The summed E-state index contributed by atoms with van der Waals surface area (Å²) in [6.07, 6.45) is 5.34. The van der Waals surface area contributed by atoms with Crippen LogP contribution < -0.4 is 5.32 Å². The molecule has 1 aromatic rings. The van der Waals surface area contributed by atoms with Gasteiger partial charge in [-0.2, -0.15) is 11.3 Å². The van der Waals surface area contributed by atoms with Crippen molar-refractivity contribution in [2.45, 2.75) is 32.1 Å². The van der Waals surface area contributed by atoms with Crippen molar-refractivity contribution in [3.8, 4) is 0 Å². The van der Waals surface area contributed by atoms with Gasteiger partial charge >= 0.3 is 0 Å². The molecule has 1 amide bonds. The highest BCUT2D eigenvalue weighted by Gasteiger charge is 2.15. The Morgan fingerprint density at radius 1 is 1.28 bits per heavy atom. The van der Waals surface area contributed by atoms with Gasteiger partial charge < -0.3 is 10.2 Å². The molecule has 1 saturated heterocycles. The van der Waals surface area contributed by atoms with Crippen molar-refractivity contribution in [2.75, 3.05) is 26.2 Å². The number of hydrogen-bond donors (Lipinski definition) is 1. The van der Waals surface area contributed by atoms with Gasteiger partial charge in [-0.15, -0.1) is 0 Å². The van der Waals surface area contributed by atoms with Crippen molar-refractivity contribution in [1.82, 2.24) is 10.2 Å². The number of carbonyl (C=O) groups is 1. The minimum Gasteiger partial charge on any atom is -0.343 e. The van der Waals surface area contributed by atoms with Crippen molar-refractivity contribution >= 4 is 17.2 Å². The Morgan fingerprint density at radius 3 is 2.83 bits per heavy atom. The second-order valence-corrected chi connectivity index (χ2v) is 5.60. The van der Waals surface area contributed by atoms with Crippen LogP contribution in [0.1, 0.15) is 31.2 Å². The van der Waals surface area contributed by atoms with Crippen LogP contribution in [-0.4, -0.2) is 37.0 Å². The third kappa shape index (κ3) is 4.42. The number of nitrogens with one attached hydrogen (secondary N) is 1. The van der Waals surface area contributed by atoms with Crippen LogP contribution in [-0.2, 0) is 11.2 Å². The smallest absolute Gasteiger partial charge is 0.223 e. The van der Waals surface area contributed by atoms with E-state index in [1.54, 1.807) is 11.3 Å². The highest BCUT2D eigenvalue weighted by Crippen LogP contribution is 2.09. The zero-order chi connectivity index (χ0) is 12.6. The average Bonchev–Trinajstić information content (AvgIpc) is 2.92. The molecule has 0 atom stereocenters. The van der Waals surface area contributed by atoms with E-state index in [4.69, 9.17) is 0 Å². The van der Waals surface area contributed by atoms with Gasteiger partial charge in [0.1, 0.15) is 0 Å². The molecule has 0 aromatic carbocycles. The van der Waals surface area contributed by atoms with Gasteiger partial charge in [-0.3, -0.25) is 4.79 Å². The van der Waals surface area contributed by atoms with Crippen molar-refractivity contribution in [3.05, 3.63) is 22.4 Å². The van der Waals surface area contributed by atoms with Crippen LogP contribution >= 0.6 is 11.3 Å². The van der Waals surface area contributed by atoms with E-state index < -0.39 is 0 Å². The molecule has 100 valence electrons. The summed E-state index contributed by atoms with van der Waals surface area (Å²) in [5.41, 5.74) is 1.38. The van der Waals surface area contributed by atoms with Gasteiger partial charge in [0, 0.05) is 26.1 Å². The molecule has 1 fully saturated rings. The van der Waals surface area contributed by atoms with Crippen molar-refractivity contribution in [1.29, 1.82) is 0 Å². The monoisotopic (exact) mass is 266 g/mol. The zero-order valence-electron chi connectivity index (χ0n) is 10.9. The number of piperidine rings is 1. The second-order valence-electron chi connectivity index (χ2n) is 4.82. The van der Waals surface area contributed by atoms with E-state index in [-0.39, 0.29) is 0 Å². The first-order valence-electron chi connectivity index (χ1n) is 6.86. The Bertz CT molecular complexity index is 345. The zero-order valence-corrected chi connectivity index (χ0v) is 11.7. The lowest BCUT2D eigenvalue weighted by molar-refractivity contribution is -0.131. The molecule has 2 heterocycles. The molecule has 1 aliphatic heterocycles. The normalized spacial score (nSPS) is 15.9. The fourth-order valence-electron chi connectivity index (χ4n) is 2.29. The number of likely N-dealkylation sites (tertiary alicyclic amines) is 1. The molecule has 0 bridgehead atoms. The Balaban J connectivity index is 1.53. The predicted octanol–water partition coefficient (Wildman–Crippen LogP) is 2.28. The summed E-state index contributed by atoms with van der Waals surface area (Å²) in [6, 6.07) is 2.16. The van der Waals surface area contributed by atoms with E-state index in [1.807, 2.05) is 4.90 Å². The standard InChI is InChI=1S/C14H22N2OS/c17-14(16-9-2-1-3-10-16)5-8-15-7-4-13-6-11-18-12-13/h6,11-12,15H,1-5,7-10H2. The third-order valence-electron chi connectivity index (χ3n) is 3.39. The van der Waals surface area contributed by atoms with Crippen LogP contribution in [0.5, 0.6) is 0 Å². The number of rotatable bonds is 6. The molecule has 0 aliphatic carbocycles. The second kappa shape index (κ2) is 7.54. The fourth-order valence-corrected chi connectivity index (χ4v) is 2.99. The average molecular weight is 266 g/mol. The molecule has 3 nitrogen and oxygen atoms in total. The van der Waals surface area contributed by atoms with Crippen LogP contribution in [0, 0.1) is 0 Å². The summed E-state index contributed by atoms with van der Waals surface area (Å²) >= 11 is 1.74. The summed E-state index contributed by atoms with van der Waals surface area (Å²) in [4.78, 5) is 13.9. The molecule has 4 heteroatoms. The Kier molecular flexibility index (Phi) is 5.68. The molecule has 1 aliphatic rings.